The van der Waals surface area contributed by atoms with Crippen LogP contribution in [0.25, 0.3) is 28.3 Å². The lowest BCUT2D eigenvalue weighted by atomic mass is 10.1. The minimum absolute atomic E-state index is 0.135. The molecule has 11 nitrogen and oxygen atoms in total. The summed E-state index contributed by atoms with van der Waals surface area (Å²) in [4.78, 5) is 8.87. The second kappa shape index (κ2) is 8.95. The molecule has 34 heavy (non-hydrogen) atoms. The van der Waals surface area contributed by atoms with Crippen molar-refractivity contribution < 1.29 is 4.74 Å². The molecule has 0 saturated heterocycles. The summed E-state index contributed by atoms with van der Waals surface area (Å²) < 4.78 is 9.38. The molecule has 0 radical (unpaired) electrons. The summed E-state index contributed by atoms with van der Waals surface area (Å²) in [6, 6.07) is 15.5. The third-order valence-corrected chi connectivity index (χ3v) is 5.24. The zero-order chi connectivity index (χ0) is 23.5. The van der Waals surface area contributed by atoms with Crippen molar-refractivity contribution in [1.29, 1.82) is 5.26 Å². The molecule has 0 spiro atoms. The van der Waals surface area contributed by atoms with Gasteiger partial charge < -0.3 is 10.1 Å². The number of ether oxygens (including phenoxy) is 1. The van der Waals surface area contributed by atoms with Crippen LogP contribution in [0.4, 0.5) is 5.69 Å². The lowest BCUT2D eigenvalue weighted by molar-refractivity contribution is 0.193. The first kappa shape index (κ1) is 21.0. The molecule has 168 valence electrons. The van der Waals surface area contributed by atoms with Gasteiger partial charge in [-0.2, -0.15) is 10.4 Å². The second-order valence-electron chi connectivity index (χ2n) is 7.56. The zero-order valence-electron chi connectivity index (χ0n) is 18.5. The van der Waals surface area contributed by atoms with Gasteiger partial charge in [0, 0.05) is 18.8 Å². The van der Waals surface area contributed by atoms with Gasteiger partial charge in [0.1, 0.15) is 41.2 Å². The molecule has 0 aliphatic rings. The highest BCUT2D eigenvalue weighted by atomic mass is 16.5. The van der Waals surface area contributed by atoms with Gasteiger partial charge in [-0.15, -0.1) is 5.10 Å². The fraction of sp³-hybridized carbons (Fsp3) is 0.174. The van der Waals surface area contributed by atoms with E-state index in [2.05, 4.69) is 36.9 Å². The van der Waals surface area contributed by atoms with E-state index in [9.17, 15) is 5.26 Å². The molecule has 0 aliphatic carbocycles. The Morgan fingerprint density at radius 1 is 1.18 bits per heavy atom. The van der Waals surface area contributed by atoms with Gasteiger partial charge in [0.2, 0.25) is 0 Å². The minimum Gasteiger partial charge on any atom is -0.489 e. The topological polar surface area (TPSA) is 132 Å². The Labute approximate surface area is 194 Å². The van der Waals surface area contributed by atoms with Crippen molar-refractivity contribution in [3.05, 3.63) is 66.7 Å². The summed E-state index contributed by atoms with van der Waals surface area (Å²) in [5, 5.41) is 28.7. The van der Waals surface area contributed by atoms with Crippen LogP contribution in [0.1, 0.15) is 12.5 Å². The van der Waals surface area contributed by atoms with E-state index >= 15 is 0 Å². The number of fused-ring (bicyclic) bond motifs is 1. The number of aromatic nitrogens is 8. The SMILES string of the molecule is CNc1ccnc(-c2cnc3ccc(-c4cccc(OC(C)Cn5cnnn5)c4)nn23)c1C#N. The van der Waals surface area contributed by atoms with Crippen LogP contribution in [-0.2, 0) is 6.54 Å². The molecule has 11 heteroatoms. The Hall–Kier alpha value is -4.85. The largest absolute Gasteiger partial charge is 0.489 e. The van der Waals surface area contributed by atoms with E-state index in [0.717, 1.165) is 11.3 Å². The van der Waals surface area contributed by atoms with Gasteiger partial charge in [0.15, 0.2) is 5.65 Å². The Balaban J connectivity index is 1.48. The molecule has 0 saturated carbocycles. The predicted octanol–water partition coefficient (Wildman–Crippen LogP) is 2.83. The van der Waals surface area contributed by atoms with Crippen LogP contribution < -0.4 is 10.1 Å². The van der Waals surface area contributed by atoms with Crippen LogP contribution in [0, 0.1) is 11.3 Å². The molecule has 0 fully saturated rings. The Morgan fingerprint density at radius 3 is 2.88 bits per heavy atom. The molecule has 1 unspecified atom stereocenters. The number of pyridine rings is 1. The predicted molar refractivity (Wildman–Crippen MR) is 124 cm³/mol. The number of anilines is 1. The summed E-state index contributed by atoms with van der Waals surface area (Å²) in [7, 11) is 1.77. The summed E-state index contributed by atoms with van der Waals surface area (Å²) in [5.74, 6) is 0.709. The van der Waals surface area contributed by atoms with Gasteiger partial charge in [-0.25, -0.2) is 14.2 Å². The molecule has 4 aromatic heterocycles. The number of imidazole rings is 1. The van der Waals surface area contributed by atoms with Gasteiger partial charge in [-0.05, 0) is 47.7 Å². The number of rotatable bonds is 7. The van der Waals surface area contributed by atoms with Crippen molar-refractivity contribution in [3.8, 4) is 34.5 Å². The number of nitrogens with one attached hydrogen (secondary N) is 1. The molecule has 1 aromatic carbocycles. The lowest BCUT2D eigenvalue weighted by Crippen LogP contribution is -2.20. The third-order valence-electron chi connectivity index (χ3n) is 5.24. The zero-order valence-corrected chi connectivity index (χ0v) is 18.5. The van der Waals surface area contributed by atoms with E-state index in [-0.39, 0.29) is 6.10 Å². The van der Waals surface area contributed by atoms with Crippen LogP contribution in [-0.4, -0.2) is 52.9 Å². The van der Waals surface area contributed by atoms with Gasteiger partial charge in [0.25, 0.3) is 0 Å². The second-order valence-corrected chi connectivity index (χ2v) is 7.56. The van der Waals surface area contributed by atoms with Crippen molar-refractivity contribution in [2.45, 2.75) is 19.6 Å². The monoisotopic (exact) mass is 452 g/mol. The quantitative estimate of drug-likeness (QED) is 0.396. The van der Waals surface area contributed by atoms with E-state index < -0.39 is 0 Å². The van der Waals surface area contributed by atoms with E-state index in [1.54, 1.807) is 41.0 Å². The first-order valence-corrected chi connectivity index (χ1v) is 10.6. The van der Waals surface area contributed by atoms with Crippen LogP contribution in [0.3, 0.4) is 0 Å². The number of benzene rings is 1. The van der Waals surface area contributed by atoms with Gasteiger partial charge in [-0.3, -0.25) is 4.98 Å². The van der Waals surface area contributed by atoms with Crippen LogP contribution in [0.15, 0.2) is 61.2 Å². The molecule has 4 heterocycles. The molecule has 0 bridgehead atoms. The highest BCUT2D eigenvalue weighted by Crippen LogP contribution is 2.28. The van der Waals surface area contributed by atoms with E-state index in [0.29, 0.717) is 40.6 Å². The smallest absolute Gasteiger partial charge is 0.154 e. The molecular weight excluding hydrogens is 432 g/mol. The number of hydrogen-bond donors (Lipinski definition) is 1. The van der Waals surface area contributed by atoms with Crippen molar-refractivity contribution in [1.82, 2.24) is 39.8 Å². The Morgan fingerprint density at radius 2 is 2.09 bits per heavy atom. The summed E-state index contributed by atoms with van der Waals surface area (Å²) in [5.41, 5.74) is 4.54. The Bertz CT molecular complexity index is 1490. The van der Waals surface area contributed by atoms with Crippen molar-refractivity contribution in [2.24, 2.45) is 0 Å². The number of nitriles is 1. The van der Waals surface area contributed by atoms with Gasteiger partial charge in [-0.1, -0.05) is 12.1 Å². The average Bonchev–Trinajstić information content (AvgIpc) is 3.53. The first-order chi connectivity index (χ1) is 16.7. The molecule has 5 rings (SSSR count). The van der Waals surface area contributed by atoms with E-state index in [1.165, 1.54) is 0 Å². The summed E-state index contributed by atoms with van der Waals surface area (Å²) in [6.07, 6.45) is 4.75. The fourth-order valence-electron chi connectivity index (χ4n) is 3.69. The van der Waals surface area contributed by atoms with Crippen molar-refractivity contribution >= 4 is 11.3 Å². The molecular formula is C23H20N10O. The molecule has 0 aliphatic heterocycles. The normalized spacial score (nSPS) is 11.8. The van der Waals surface area contributed by atoms with E-state index in [4.69, 9.17) is 9.84 Å². The van der Waals surface area contributed by atoms with E-state index in [1.807, 2.05) is 43.3 Å². The Kier molecular flexibility index (Phi) is 5.53. The number of nitrogens with zero attached hydrogens (tertiary/aromatic N) is 9. The molecule has 1 N–H and O–H groups in total. The van der Waals surface area contributed by atoms with Crippen LogP contribution >= 0.6 is 0 Å². The lowest BCUT2D eigenvalue weighted by Gasteiger charge is -2.15. The summed E-state index contributed by atoms with van der Waals surface area (Å²) in [6.45, 7) is 2.48. The van der Waals surface area contributed by atoms with Gasteiger partial charge >= 0.3 is 0 Å². The maximum Gasteiger partial charge on any atom is 0.154 e. The first-order valence-electron chi connectivity index (χ1n) is 10.6. The van der Waals surface area contributed by atoms with Crippen molar-refractivity contribution in [3.63, 3.8) is 0 Å². The average molecular weight is 452 g/mol. The van der Waals surface area contributed by atoms with Crippen LogP contribution in [0.5, 0.6) is 5.75 Å². The number of tetrazole rings is 1. The highest BCUT2D eigenvalue weighted by molar-refractivity contribution is 5.74. The van der Waals surface area contributed by atoms with Gasteiger partial charge in [0.05, 0.1) is 24.1 Å². The van der Waals surface area contributed by atoms with Crippen molar-refractivity contribution in [2.75, 3.05) is 12.4 Å². The summed E-state index contributed by atoms with van der Waals surface area (Å²) >= 11 is 0. The molecule has 1 atom stereocenters. The van der Waals surface area contributed by atoms with Crippen LogP contribution in [0.2, 0.25) is 0 Å². The minimum atomic E-state index is -0.135. The maximum atomic E-state index is 9.71. The highest BCUT2D eigenvalue weighted by Gasteiger charge is 2.16. The fourth-order valence-corrected chi connectivity index (χ4v) is 3.69. The molecule has 0 amide bonds. The maximum absolute atomic E-state index is 9.71. The molecule has 5 aromatic rings. The standard InChI is InChI=1S/C23H20N10O/c1-15(13-32-14-28-30-31-32)34-17-5-3-4-16(10-17)19-6-7-22-27-12-21(33(22)29-19)23-18(11-24)20(25-2)8-9-26-23/h3-10,12,14-15H,13H2,1-2H3,(H,25,26). The third kappa shape index (κ3) is 4.00. The number of hydrogen-bond acceptors (Lipinski definition) is 9.